The van der Waals surface area contributed by atoms with E-state index in [1.54, 1.807) is 18.2 Å². The summed E-state index contributed by atoms with van der Waals surface area (Å²) in [5.74, 6) is 0.190. The fraction of sp³-hybridized carbons (Fsp3) is 0.100. The Morgan fingerprint density at radius 3 is 2.83 bits per heavy atom. The molecule has 2 nitrogen and oxygen atoms in total. The fourth-order valence-corrected chi connectivity index (χ4v) is 1.35. The molecule has 2 N–H and O–H groups in total. The third kappa shape index (κ3) is 1.10. The molecule has 0 unspecified atom stereocenters. The van der Waals surface area contributed by atoms with Gasteiger partial charge in [0.05, 0.1) is 0 Å². The first-order chi connectivity index (χ1) is 5.77. The zero-order valence-electron chi connectivity index (χ0n) is 6.49. The summed E-state index contributed by atoms with van der Waals surface area (Å²) in [6.07, 6.45) is 4.71. The number of rotatable bonds is 0. The molecule has 1 aliphatic rings. The van der Waals surface area contributed by atoms with E-state index in [-0.39, 0.29) is 5.75 Å². The number of aliphatic hydroxyl groups is 1. The first-order valence-electron chi connectivity index (χ1n) is 3.82. The molecule has 61 valence electrons. The van der Waals surface area contributed by atoms with E-state index in [0.717, 1.165) is 11.1 Å². The van der Waals surface area contributed by atoms with Crippen LogP contribution in [0.5, 0.6) is 5.75 Å². The molecule has 0 fully saturated rings. The Morgan fingerprint density at radius 1 is 1.17 bits per heavy atom. The number of aromatic hydroxyl groups is 1. The number of benzene rings is 1. The third-order valence-electron chi connectivity index (χ3n) is 1.96. The Balaban J connectivity index is 2.56. The van der Waals surface area contributed by atoms with Gasteiger partial charge >= 0.3 is 0 Å². The minimum atomic E-state index is 0.190. The predicted molar refractivity (Wildman–Crippen MR) is 46.0 cm³/mol. The maximum Gasteiger partial charge on any atom is 0.127 e. The molecule has 1 aromatic carbocycles. The van der Waals surface area contributed by atoms with Crippen molar-refractivity contribution in [2.24, 2.45) is 0 Å². The molecule has 2 rings (SSSR count). The zero-order valence-corrected chi connectivity index (χ0v) is 6.49. The van der Waals surface area contributed by atoms with E-state index in [9.17, 15) is 5.11 Å². The lowest BCUT2D eigenvalue weighted by molar-refractivity contribution is 0.324. The molecule has 1 radical (unpaired) electrons. The second kappa shape index (κ2) is 2.64. The summed E-state index contributed by atoms with van der Waals surface area (Å²) in [5.41, 5.74) is 1.69. The first kappa shape index (κ1) is 7.37. The van der Waals surface area contributed by atoms with Crippen molar-refractivity contribution >= 4 is 6.08 Å². The van der Waals surface area contributed by atoms with Crippen molar-refractivity contribution < 1.29 is 10.2 Å². The summed E-state index contributed by atoms with van der Waals surface area (Å²) >= 11 is 0. The van der Waals surface area contributed by atoms with Gasteiger partial charge in [0.2, 0.25) is 0 Å². The summed E-state index contributed by atoms with van der Waals surface area (Å²) in [4.78, 5) is 0. The van der Waals surface area contributed by atoms with E-state index in [1.165, 1.54) is 0 Å². The summed E-state index contributed by atoms with van der Waals surface area (Å²) in [5, 5.41) is 18.6. The van der Waals surface area contributed by atoms with Gasteiger partial charge in [0.15, 0.2) is 0 Å². The smallest absolute Gasteiger partial charge is 0.127 e. The summed E-state index contributed by atoms with van der Waals surface area (Å²) in [7, 11) is 0. The van der Waals surface area contributed by atoms with E-state index in [1.807, 2.05) is 12.2 Å². The van der Waals surface area contributed by atoms with Gasteiger partial charge in [-0.2, -0.15) is 0 Å². The molecular formula is C10H9O2. The molecule has 0 bridgehead atoms. The monoisotopic (exact) mass is 161 g/mol. The van der Waals surface area contributed by atoms with Crippen LogP contribution in [0.1, 0.15) is 17.5 Å². The fourth-order valence-electron chi connectivity index (χ4n) is 1.35. The largest absolute Gasteiger partial charge is 0.508 e. The molecule has 0 amide bonds. The number of hydrogen-bond donors (Lipinski definition) is 2. The quantitative estimate of drug-likeness (QED) is 0.611. The number of hydrogen-bond acceptors (Lipinski definition) is 2. The van der Waals surface area contributed by atoms with E-state index < -0.39 is 0 Å². The topological polar surface area (TPSA) is 40.5 Å². The van der Waals surface area contributed by atoms with Gasteiger partial charge in [-0.05, 0) is 23.3 Å². The van der Waals surface area contributed by atoms with Crippen LogP contribution in [0.15, 0.2) is 24.3 Å². The maximum atomic E-state index is 9.44. The molecular weight excluding hydrogens is 152 g/mol. The van der Waals surface area contributed by atoms with Crippen LogP contribution in [-0.4, -0.2) is 10.2 Å². The average molecular weight is 161 g/mol. The van der Waals surface area contributed by atoms with Gasteiger partial charge in [0.25, 0.3) is 0 Å². The molecule has 0 heterocycles. The normalized spacial score (nSPS) is 16.1. The highest BCUT2D eigenvalue weighted by molar-refractivity contribution is 5.61. The highest BCUT2D eigenvalue weighted by atomic mass is 16.3. The van der Waals surface area contributed by atoms with Crippen molar-refractivity contribution in [2.75, 3.05) is 0 Å². The molecule has 1 aromatic rings. The van der Waals surface area contributed by atoms with Crippen molar-refractivity contribution in [2.45, 2.75) is 6.42 Å². The lowest BCUT2D eigenvalue weighted by Gasteiger charge is -2.15. The molecule has 0 saturated carbocycles. The van der Waals surface area contributed by atoms with Crippen LogP contribution in [-0.2, 0) is 0 Å². The Morgan fingerprint density at radius 2 is 2.00 bits per heavy atom. The maximum absolute atomic E-state index is 9.44. The van der Waals surface area contributed by atoms with Gasteiger partial charge in [0.1, 0.15) is 11.9 Å². The summed E-state index contributed by atoms with van der Waals surface area (Å²) < 4.78 is 0. The van der Waals surface area contributed by atoms with Crippen molar-refractivity contribution in [3.05, 3.63) is 41.5 Å². The number of fused-ring (bicyclic) bond motifs is 1. The Bertz CT molecular complexity index is 329. The molecule has 1 aliphatic carbocycles. The lowest BCUT2D eigenvalue weighted by atomic mass is 9.95. The molecule has 0 saturated heterocycles. The molecule has 0 aliphatic heterocycles. The van der Waals surface area contributed by atoms with Gasteiger partial charge in [-0.25, -0.2) is 0 Å². The predicted octanol–water partition coefficient (Wildman–Crippen LogP) is 2.06. The minimum Gasteiger partial charge on any atom is -0.508 e. The van der Waals surface area contributed by atoms with Crippen LogP contribution in [0, 0.1) is 6.10 Å². The van der Waals surface area contributed by atoms with Gasteiger partial charge in [-0.3, -0.25) is 0 Å². The average Bonchev–Trinajstić information content (AvgIpc) is 2.07. The number of phenolic OH excluding ortho intramolecular Hbond substituents is 1. The van der Waals surface area contributed by atoms with E-state index >= 15 is 0 Å². The van der Waals surface area contributed by atoms with Gasteiger partial charge in [-0.1, -0.05) is 18.2 Å². The number of phenols is 1. The van der Waals surface area contributed by atoms with Gasteiger partial charge < -0.3 is 10.2 Å². The highest BCUT2D eigenvalue weighted by Gasteiger charge is 2.14. The molecule has 0 spiro atoms. The van der Waals surface area contributed by atoms with Crippen LogP contribution >= 0.6 is 0 Å². The Kier molecular flexibility index (Phi) is 1.62. The first-order valence-corrected chi connectivity index (χ1v) is 3.82. The molecule has 0 atom stereocenters. The van der Waals surface area contributed by atoms with Crippen LogP contribution in [0.3, 0.4) is 0 Å². The van der Waals surface area contributed by atoms with Crippen LogP contribution in [0.25, 0.3) is 6.08 Å². The highest BCUT2D eigenvalue weighted by Crippen LogP contribution is 2.29. The van der Waals surface area contributed by atoms with E-state index in [4.69, 9.17) is 5.11 Å². The standard InChI is InChI=1S/C10H9O2/c11-8-5-4-7-2-1-3-10(12)9(7)6-8/h1-2,4-6,11-12H,3H2. The Labute approximate surface area is 70.8 Å². The number of aliphatic hydroxyl groups excluding tert-OH is 1. The second-order valence-electron chi connectivity index (χ2n) is 2.82. The van der Waals surface area contributed by atoms with Crippen LogP contribution in [0.4, 0.5) is 0 Å². The van der Waals surface area contributed by atoms with Crippen LogP contribution < -0.4 is 0 Å². The van der Waals surface area contributed by atoms with Gasteiger partial charge in [0, 0.05) is 6.42 Å². The molecule has 2 heteroatoms. The van der Waals surface area contributed by atoms with Crippen molar-refractivity contribution in [3.63, 3.8) is 0 Å². The van der Waals surface area contributed by atoms with Crippen molar-refractivity contribution in [1.82, 2.24) is 0 Å². The Hall–Kier alpha value is -1.28. The summed E-state index contributed by atoms with van der Waals surface area (Å²) in [6.45, 7) is 0. The SMILES string of the molecule is O[C]1CC=Cc2ccc(O)cc21. The third-order valence-corrected chi connectivity index (χ3v) is 1.96. The zero-order chi connectivity index (χ0) is 8.55. The van der Waals surface area contributed by atoms with Crippen molar-refractivity contribution in [1.29, 1.82) is 0 Å². The lowest BCUT2D eigenvalue weighted by Crippen LogP contribution is -2.02. The van der Waals surface area contributed by atoms with Crippen molar-refractivity contribution in [3.8, 4) is 5.75 Å². The second-order valence-corrected chi connectivity index (χ2v) is 2.82. The van der Waals surface area contributed by atoms with Gasteiger partial charge in [-0.15, -0.1) is 0 Å². The van der Waals surface area contributed by atoms with E-state index in [2.05, 4.69) is 0 Å². The minimum absolute atomic E-state index is 0.190. The van der Waals surface area contributed by atoms with Crippen LogP contribution in [0.2, 0.25) is 0 Å². The van der Waals surface area contributed by atoms with E-state index in [0.29, 0.717) is 12.5 Å². The molecule has 0 aromatic heterocycles. The summed E-state index contributed by atoms with van der Waals surface area (Å²) in [6, 6.07) is 4.98. The molecule has 12 heavy (non-hydrogen) atoms.